The van der Waals surface area contributed by atoms with Crippen LogP contribution in [0.15, 0.2) is 0 Å². The van der Waals surface area contributed by atoms with Crippen molar-refractivity contribution in [3.63, 3.8) is 0 Å². The molecule has 1 N–H and O–H groups in total. The molecule has 0 aliphatic carbocycles. The number of hydrogen-bond donors (Lipinski definition) is 1. The third kappa shape index (κ3) is 3.93. The summed E-state index contributed by atoms with van der Waals surface area (Å²) in [6, 6.07) is 0. The Hall–Kier alpha value is -0.890. The van der Waals surface area contributed by atoms with Gasteiger partial charge in [-0.2, -0.15) is 8.78 Å². The average Bonchev–Trinajstić information content (AvgIpc) is 2.15. The molecular formula is C8H12F4O4. The summed E-state index contributed by atoms with van der Waals surface area (Å²) in [4.78, 5) is 10.7. The second-order valence-corrected chi connectivity index (χ2v) is 3.32. The summed E-state index contributed by atoms with van der Waals surface area (Å²) in [5, 5.41) is 8.66. The Balaban J connectivity index is 4.50. The van der Waals surface area contributed by atoms with Crippen LogP contribution in [0.2, 0.25) is 0 Å². The molecule has 0 radical (unpaired) electrons. The topological polar surface area (TPSA) is 55.8 Å². The molecule has 8 heteroatoms. The number of alkyl halides is 4. The summed E-state index contributed by atoms with van der Waals surface area (Å²) in [5.74, 6) is -5.95. The minimum Gasteiger partial charge on any atom is -0.479 e. The van der Waals surface area contributed by atoms with Crippen molar-refractivity contribution in [2.75, 3.05) is 20.3 Å². The lowest BCUT2D eigenvalue weighted by molar-refractivity contribution is -0.209. The molecule has 0 saturated carbocycles. The normalized spacial score (nSPS) is 16.2. The van der Waals surface area contributed by atoms with Gasteiger partial charge in [-0.1, -0.05) is 0 Å². The number of aliphatic carboxylic acids is 1. The van der Waals surface area contributed by atoms with E-state index in [-0.39, 0.29) is 0 Å². The Morgan fingerprint density at radius 1 is 1.38 bits per heavy atom. The van der Waals surface area contributed by atoms with Gasteiger partial charge >= 0.3 is 18.3 Å². The first kappa shape index (κ1) is 15.1. The van der Waals surface area contributed by atoms with Crippen LogP contribution in [0.1, 0.15) is 6.92 Å². The van der Waals surface area contributed by atoms with Gasteiger partial charge in [0.2, 0.25) is 0 Å². The highest BCUT2D eigenvalue weighted by molar-refractivity contribution is 5.77. The molecule has 16 heavy (non-hydrogen) atoms. The highest BCUT2D eigenvalue weighted by Gasteiger charge is 2.45. The number of ether oxygens (including phenoxy) is 2. The molecule has 1 atom stereocenters. The lowest BCUT2D eigenvalue weighted by Crippen LogP contribution is -2.46. The number of methoxy groups -OCH3 is 1. The van der Waals surface area contributed by atoms with Crippen LogP contribution in [0.25, 0.3) is 0 Å². The van der Waals surface area contributed by atoms with Crippen LogP contribution < -0.4 is 0 Å². The predicted molar refractivity (Wildman–Crippen MR) is 44.8 cm³/mol. The molecule has 0 aliphatic rings. The van der Waals surface area contributed by atoms with E-state index in [1.165, 1.54) is 0 Å². The van der Waals surface area contributed by atoms with E-state index < -0.39 is 37.1 Å². The third-order valence-electron chi connectivity index (χ3n) is 1.77. The maximum atomic E-state index is 12.5. The molecule has 0 amide bonds. The fourth-order valence-corrected chi connectivity index (χ4v) is 0.759. The van der Waals surface area contributed by atoms with Crippen LogP contribution in [-0.2, 0) is 14.3 Å². The van der Waals surface area contributed by atoms with Gasteiger partial charge in [0, 0.05) is 7.11 Å². The predicted octanol–water partition coefficient (Wildman–Crippen LogP) is 1.39. The number of halogens is 4. The van der Waals surface area contributed by atoms with E-state index in [1.807, 2.05) is 0 Å². The summed E-state index contributed by atoms with van der Waals surface area (Å²) in [5.41, 5.74) is -2.08. The molecule has 0 heterocycles. The molecule has 0 fully saturated rings. The second kappa shape index (κ2) is 5.44. The minimum atomic E-state index is -4.38. The van der Waals surface area contributed by atoms with Crippen LogP contribution in [0, 0.1) is 0 Å². The van der Waals surface area contributed by atoms with E-state index in [4.69, 9.17) is 5.11 Å². The van der Waals surface area contributed by atoms with Gasteiger partial charge in [-0.15, -0.1) is 0 Å². The van der Waals surface area contributed by atoms with Gasteiger partial charge in [0.25, 0.3) is 0 Å². The highest BCUT2D eigenvalue weighted by Crippen LogP contribution is 2.25. The van der Waals surface area contributed by atoms with E-state index in [1.54, 1.807) is 0 Å². The maximum Gasteiger partial charge on any atom is 0.338 e. The molecule has 1 unspecified atom stereocenters. The SMILES string of the molecule is COCC(C)(OCC(F)(F)C(F)F)C(=O)O. The Morgan fingerprint density at radius 2 is 1.88 bits per heavy atom. The number of hydrogen-bond acceptors (Lipinski definition) is 3. The van der Waals surface area contributed by atoms with Crippen molar-refractivity contribution in [1.29, 1.82) is 0 Å². The monoisotopic (exact) mass is 248 g/mol. The fourth-order valence-electron chi connectivity index (χ4n) is 0.759. The van der Waals surface area contributed by atoms with Gasteiger partial charge in [0.15, 0.2) is 5.60 Å². The Kier molecular flexibility index (Phi) is 5.14. The number of carboxylic acids is 1. The summed E-state index contributed by atoms with van der Waals surface area (Å²) in [7, 11) is 1.13. The number of carbonyl (C=O) groups is 1. The second-order valence-electron chi connectivity index (χ2n) is 3.32. The number of carboxylic acid groups (broad SMARTS) is 1. The van der Waals surface area contributed by atoms with Gasteiger partial charge in [-0.05, 0) is 6.92 Å². The Labute approximate surface area is 89.1 Å². The number of rotatable bonds is 7. The molecule has 0 saturated heterocycles. The third-order valence-corrected chi connectivity index (χ3v) is 1.77. The summed E-state index contributed by atoms with van der Waals surface area (Å²) < 4.78 is 57.2. The van der Waals surface area contributed by atoms with Crippen molar-refractivity contribution < 1.29 is 36.9 Å². The molecule has 0 aromatic carbocycles. The smallest absolute Gasteiger partial charge is 0.338 e. The molecule has 0 aromatic heterocycles. The lowest BCUT2D eigenvalue weighted by Gasteiger charge is -2.26. The molecule has 96 valence electrons. The van der Waals surface area contributed by atoms with E-state index >= 15 is 0 Å². The first-order chi connectivity index (χ1) is 7.15. The zero-order chi connectivity index (χ0) is 13.0. The first-order valence-electron chi connectivity index (χ1n) is 4.18. The molecule has 0 rings (SSSR count). The Bertz CT molecular complexity index is 246. The van der Waals surface area contributed by atoms with Gasteiger partial charge in [-0.25, -0.2) is 13.6 Å². The van der Waals surface area contributed by atoms with Crippen molar-refractivity contribution >= 4 is 5.97 Å². The first-order valence-corrected chi connectivity index (χ1v) is 4.18. The quantitative estimate of drug-likeness (QED) is 0.692. The average molecular weight is 248 g/mol. The van der Waals surface area contributed by atoms with Crippen LogP contribution in [0.5, 0.6) is 0 Å². The largest absolute Gasteiger partial charge is 0.479 e. The Morgan fingerprint density at radius 3 is 2.19 bits per heavy atom. The van der Waals surface area contributed by atoms with Crippen molar-refractivity contribution in [3.8, 4) is 0 Å². The van der Waals surface area contributed by atoms with Crippen LogP contribution in [0.3, 0.4) is 0 Å². The fraction of sp³-hybridized carbons (Fsp3) is 0.875. The van der Waals surface area contributed by atoms with Gasteiger partial charge < -0.3 is 14.6 Å². The lowest BCUT2D eigenvalue weighted by atomic mass is 10.1. The van der Waals surface area contributed by atoms with Crippen molar-refractivity contribution in [2.24, 2.45) is 0 Å². The summed E-state index contributed by atoms with van der Waals surface area (Å²) in [6.07, 6.45) is -3.91. The van der Waals surface area contributed by atoms with Gasteiger partial charge in [0.1, 0.15) is 6.61 Å². The molecule has 0 aliphatic heterocycles. The zero-order valence-electron chi connectivity index (χ0n) is 8.68. The van der Waals surface area contributed by atoms with E-state index in [9.17, 15) is 22.4 Å². The summed E-state index contributed by atoms with van der Waals surface area (Å²) in [6.45, 7) is -1.25. The van der Waals surface area contributed by atoms with Crippen LogP contribution in [0.4, 0.5) is 17.6 Å². The van der Waals surface area contributed by atoms with Crippen molar-refractivity contribution in [3.05, 3.63) is 0 Å². The highest BCUT2D eigenvalue weighted by atomic mass is 19.3. The standard InChI is InChI=1S/C8H12F4O4/c1-7(3-15-2,6(13)14)16-4-8(11,12)5(9)10/h5H,3-4H2,1-2H3,(H,13,14). The molecular weight excluding hydrogens is 236 g/mol. The molecule has 0 aromatic rings. The zero-order valence-corrected chi connectivity index (χ0v) is 8.68. The summed E-state index contributed by atoms with van der Waals surface area (Å²) >= 11 is 0. The minimum absolute atomic E-state index is 0.526. The molecule has 4 nitrogen and oxygen atoms in total. The van der Waals surface area contributed by atoms with E-state index in [2.05, 4.69) is 9.47 Å². The van der Waals surface area contributed by atoms with Crippen LogP contribution >= 0.6 is 0 Å². The van der Waals surface area contributed by atoms with Gasteiger partial charge in [0.05, 0.1) is 6.61 Å². The van der Waals surface area contributed by atoms with E-state index in [0.717, 1.165) is 14.0 Å². The molecule has 0 bridgehead atoms. The van der Waals surface area contributed by atoms with Crippen molar-refractivity contribution in [2.45, 2.75) is 24.9 Å². The van der Waals surface area contributed by atoms with Crippen LogP contribution in [-0.4, -0.2) is 49.3 Å². The molecule has 0 spiro atoms. The van der Waals surface area contributed by atoms with E-state index in [0.29, 0.717) is 0 Å². The maximum absolute atomic E-state index is 12.5. The van der Waals surface area contributed by atoms with Crippen molar-refractivity contribution in [1.82, 2.24) is 0 Å². The van der Waals surface area contributed by atoms with Gasteiger partial charge in [-0.3, -0.25) is 0 Å².